The van der Waals surface area contributed by atoms with Crippen molar-refractivity contribution in [3.8, 4) is 0 Å². The monoisotopic (exact) mass is 313 g/mol. The fourth-order valence-corrected chi connectivity index (χ4v) is 2.70. The van der Waals surface area contributed by atoms with Crippen molar-refractivity contribution in [1.82, 2.24) is 4.90 Å². The lowest BCUT2D eigenvalue weighted by Crippen LogP contribution is -2.38. The van der Waals surface area contributed by atoms with E-state index in [1.165, 1.54) is 5.56 Å². The summed E-state index contributed by atoms with van der Waals surface area (Å²) in [5.74, 6) is 0. The Hall–Kier alpha value is -1.68. The van der Waals surface area contributed by atoms with E-state index in [4.69, 9.17) is 9.47 Å². The third kappa shape index (κ3) is 5.79. The van der Waals surface area contributed by atoms with E-state index in [2.05, 4.69) is 66.1 Å². The van der Waals surface area contributed by atoms with E-state index in [-0.39, 0.29) is 6.10 Å². The molecule has 23 heavy (non-hydrogen) atoms. The van der Waals surface area contributed by atoms with Crippen LogP contribution in [0.2, 0.25) is 0 Å². The van der Waals surface area contributed by atoms with Gasteiger partial charge in [0.1, 0.15) is 0 Å². The third-order valence-electron chi connectivity index (χ3n) is 4.05. The molecule has 0 saturated carbocycles. The van der Waals surface area contributed by atoms with E-state index >= 15 is 0 Å². The minimum absolute atomic E-state index is 0.0869. The van der Waals surface area contributed by atoms with Gasteiger partial charge in [0, 0.05) is 20.2 Å². The predicted octanol–water partition coefficient (Wildman–Crippen LogP) is 3.76. The number of benzene rings is 1. The Balaban J connectivity index is 2.01. The van der Waals surface area contributed by atoms with Crippen molar-refractivity contribution in [3.05, 3.63) is 72.9 Å². The Kier molecular flexibility index (Phi) is 7.81. The quantitative estimate of drug-likeness (QED) is 0.539. The van der Waals surface area contributed by atoms with Gasteiger partial charge in [0.2, 0.25) is 0 Å². The molecule has 2 atom stereocenters. The van der Waals surface area contributed by atoms with Gasteiger partial charge < -0.3 is 9.47 Å². The second-order valence-electron chi connectivity index (χ2n) is 5.56. The highest BCUT2D eigenvalue weighted by molar-refractivity contribution is 5.24. The molecule has 1 fully saturated rings. The molecule has 0 amide bonds. The van der Waals surface area contributed by atoms with Crippen LogP contribution in [0.3, 0.4) is 0 Å². The van der Waals surface area contributed by atoms with Gasteiger partial charge in [-0.05, 0) is 12.0 Å². The maximum atomic E-state index is 5.48. The van der Waals surface area contributed by atoms with Crippen molar-refractivity contribution in [2.75, 3.05) is 33.4 Å². The first-order valence-electron chi connectivity index (χ1n) is 8.20. The Bertz CT molecular complexity index is 504. The summed E-state index contributed by atoms with van der Waals surface area (Å²) in [7, 11) is 1.71. The summed E-state index contributed by atoms with van der Waals surface area (Å²) >= 11 is 0. The molecule has 124 valence electrons. The van der Waals surface area contributed by atoms with Crippen molar-refractivity contribution in [1.29, 1.82) is 0 Å². The molecule has 3 nitrogen and oxygen atoms in total. The second-order valence-corrected chi connectivity index (χ2v) is 5.56. The smallest absolute Gasteiger partial charge is 0.0783 e. The molecule has 1 heterocycles. The van der Waals surface area contributed by atoms with Crippen molar-refractivity contribution >= 4 is 0 Å². The first-order valence-corrected chi connectivity index (χ1v) is 8.20. The van der Waals surface area contributed by atoms with Gasteiger partial charge in [0.25, 0.3) is 0 Å². The van der Waals surface area contributed by atoms with Crippen molar-refractivity contribution in [3.63, 3.8) is 0 Å². The molecule has 0 bridgehead atoms. The molecule has 0 radical (unpaired) electrons. The van der Waals surface area contributed by atoms with Gasteiger partial charge in [-0.15, -0.1) is 6.58 Å². The van der Waals surface area contributed by atoms with Gasteiger partial charge in [-0.25, -0.2) is 0 Å². The minimum Gasteiger partial charge on any atom is -0.379 e. The molecule has 0 aromatic heterocycles. The number of hydrogen-bond donors (Lipinski definition) is 0. The maximum Gasteiger partial charge on any atom is 0.0783 e. The van der Waals surface area contributed by atoms with Crippen LogP contribution in [-0.2, 0) is 9.47 Å². The molecule has 3 heteroatoms. The molecule has 0 aliphatic carbocycles. The first-order chi connectivity index (χ1) is 11.3. The van der Waals surface area contributed by atoms with Gasteiger partial charge >= 0.3 is 0 Å². The number of methoxy groups -OCH3 is 1. The van der Waals surface area contributed by atoms with Crippen molar-refractivity contribution in [2.24, 2.45) is 0 Å². The van der Waals surface area contributed by atoms with Gasteiger partial charge in [-0.3, -0.25) is 4.90 Å². The van der Waals surface area contributed by atoms with Crippen molar-refractivity contribution in [2.45, 2.75) is 18.6 Å². The van der Waals surface area contributed by atoms with Gasteiger partial charge in [-0.1, -0.05) is 60.7 Å². The average molecular weight is 313 g/mol. The van der Waals surface area contributed by atoms with Gasteiger partial charge in [0.05, 0.1) is 25.4 Å². The van der Waals surface area contributed by atoms with Crippen LogP contribution in [0.4, 0.5) is 0 Å². The number of ether oxygens (including phenoxy) is 2. The van der Waals surface area contributed by atoms with E-state index in [1.807, 2.05) is 6.08 Å². The summed E-state index contributed by atoms with van der Waals surface area (Å²) < 4.78 is 10.8. The summed E-state index contributed by atoms with van der Waals surface area (Å²) in [6.45, 7) is 7.32. The molecule has 1 saturated heterocycles. The van der Waals surface area contributed by atoms with Gasteiger partial charge in [0.15, 0.2) is 0 Å². The van der Waals surface area contributed by atoms with E-state index in [1.54, 1.807) is 7.11 Å². The highest BCUT2D eigenvalue weighted by Crippen LogP contribution is 2.23. The lowest BCUT2D eigenvalue weighted by Gasteiger charge is -2.33. The SMILES string of the molecule is C=CC(C/C=C/C=C\C(c1ccccc1)N1CCOCC1)OC. The summed E-state index contributed by atoms with van der Waals surface area (Å²) in [6, 6.07) is 10.9. The first kappa shape index (κ1) is 17.7. The predicted molar refractivity (Wildman–Crippen MR) is 95.5 cm³/mol. The Morgan fingerprint density at radius 1 is 1.22 bits per heavy atom. The number of allylic oxidation sites excluding steroid dienone is 2. The molecule has 2 rings (SSSR count). The molecule has 1 aromatic carbocycles. The average Bonchev–Trinajstić information content (AvgIpc) is 2.63. The molecular formula is C20H27NO2. The Labute approximate surface area is 139 Å². The zero-order chi connectivity index (χ0) is 16.3. The van der Waals surface area contributed by atoms with E-state index in [0.717, 1.165) is 32.7 Å². The highest BCUT2D eigenvalue weighted by atomic mass is 16.5. The van der Waals surface area contributed by atoms with Crippen LogP contribution in [0.15, 0.2) is 67.3 Å². The second kappa shape index (κ2) is 10.2. The van der Waals surface area contributed by atoms with Crippen LogP contribution in [0.5, 0.6) is 0 Å². The molecule has 0 spiro atoms. The van der Waals surface area contributed by atoms with Crippen molar-refractivity contribution < 1.29 is 9.47 Å². The lowest BCUT2D eigenvalue weighted by molar-refractivity contribution is 0.0253. The summed E-state index contributed by atoms with van der Waals surface area (Å²) in [5, 5.41) is 0. The zero-order valence-electron chi connectivity index (χ0n) is 13.9. The molecular weight excluding hydrogens is 286 g/mol. The maximum absolute atomic E-state index is 5.48. The molecule has 0 N–H and O–H groups in total. The highest BCUT2D eigenvalue weighted by Gasteiger charge is 2.19. The Morgan fingerprint density at radius 2 is 1.96 bits per heavy atom. The zero-order valence-corrected chi connectivity index (χ0v) is 13.9. The normalized spacial score (nSPS) is 19.2. The fourth-order valence-electron chi connectivity index (χ4n) is 2.70. The van der Waals surface area contributed by atoms with Crippen LogP contribution < -0.4 is 0 Å². The fraction of sp³-hybridized carbons (Fsp3) is 0.400. The third-order valence-corrected chi connectivity index (χ3v) is 4.05. The number of hydrogen-bond acceptors (Lipinski definition) is 3. The number of nitrogens with zero attached hydrogens (tertiary/aromatic N) is 1. The van der Waals surface area contributed by atoms with E-state index in [0.29, 0.717) is 6.04 Å². The standard InChI is InChI=1S/C20H27NO2/c1-3-19(22-2)12-8-5-9-13-20(18-10-6-4-7-11-18)21-14-16-23-17-15-21/h3-11,13,19-20H,1,12,14-17H2,2H3/b8-5+,13-9-. The van der Waals surface area contributed by atoms with Gasteiger partial charge in [-0.2, -0.15) is 0 Å². The lowest BCUT2D eigenvalue weighted by atomic mass is 10.0. The number of rotatable bonds is 8. The topological polar surface area (TPSA) is 21.7 Å². The van der Waals surface area contributed by atoms with Crippen LogP contribution in [-0.4, -0.2) is 44.4 Å². The van der Waals surface area contributed by atoms with Crippen LogP contribution in [0, 0.1) is 0 Å². The summed E-state index contributed by atoms with van der Waals surface area (Å²) in [5.41, 5.74) is 1.32. The number of morpholine rings is 1. The van der Waals surface area contributed by atoms with E-state index < -0.39 is 0 Å². The van der Waals surface area contributed by atoms with Crippen LogP contribution in [0.25, 0.3) is 0 Å². The molecule has 1 aliphatic heterocycles. The van der Waals surface area contributed by atoms with Crippen LogP contribution in [0.1, 0.15) is 18.0 Å². The molecule has 1 aliphatic rings. The molecule has 1 aromatic rings. The largest absolute Gasteiger partial charge is 0.379 e. The van der Waals surface area contributed by atoms with Crippen LogP contribution >= 0.6 is 0 Å². The minimum atomic E-state index is 0.0869. The Morgan fingerprint density at radius 3 is 2.61 bits per heavy atom. The molecule has 2 unspecified atom stereocenters. The van der Waals surface area contributed by atoms with E-state index in [9.17, 15) is 0 Å². The summed E-state index contributed by atoms with van der Waals surface area (Å²) in [4.78, 5) is 2.46. The summed E-state index contributed by atoms with van der Waals surface area (Å²) in [6.07, 6.45) is 11.4.